The van der Waals surface area contributed by atoms with E-state index in [0.717, 1.165) is 0 Å². The molecule has 0 aliphatic rings. The molecule has 0 bridgehead atoms. The SMILES string of the molecule is COc1nc(N(CCN)CC(F)F)ncc1Br. The van der Waals surface area contributed by atoms with E-state index in [1.165, 1.54) is 18.2 Å². The maximum absolute atomic E-state index is 12.4. The summed E-state index contributed by atoms with van der Waals surface area (Å²) in [4.78, 5) is 9.30. The molecule has 0 radical (unpaired) electrons. The van der Waals surface area contributed by atoms with Crippen LogP contribution in [0.25, 0.3) is 0 Å². The lowest BCUT2D eigenvalue weighted by molar-refractivity contribution is 0.154. The van der Waals surface area contributed by atoms with Gasteiger partial charge < -0.3 is 15.4 Å². The van der Waals surface area contributed by atoms with Crippen molar-refractivity contribution >= 4 is 21.9 Å². The van der Waals surface area contributed by atoms with Crippen LogP contribution in [0.5, 0.6) is 5.88 Å². The summed E-state index contributed by atoms with van der Waals surface area (Å²) < 4.78 is 30.3. The third-order valence-corrected chi connectivity index (χ3v) is 2.48. The Morgan fingerprint density at radius 3 is 2.82 bits per heavy atom. The molecule has 0 aliphatic heterocycles. The monoisotopic (exact) mass is 310 g/mol. The number of hydrogen-bond donors (Lipinski definition) is 1. The van der Waals surface area contributed by atoms with Gasteiger partial charge in [0.25, 0.3) is 6.43 Å². The minimum absolute atomic E-state index is 0.177. The van der Waals surface area contributed by atoms with Gasteiger partial charge in [0.2, 0.25) is 11.8 Å². The van der Waals surface area contributed by atoms with Gasteiger partial charge in [-0.1, -0.05) is 0 Å². The lowest BCUT2D eigenvalue weighted by atomic mass is 10.5. The van der Waals surface area contributed by atoms with Crippen molar-refractivity contribution in [2.24, 2.45) is 5.73 Å². The van der Waals surface area contributed by atoms with E-state index >= 15 is 0 Å². The van der Waals surface area contributed by atoms with Crippen molar-refractivity contribution in [3.63, 3.8) is 0 Å². The van der Waals surface area contributed by atoms with Gasteiger partial charge in [0, 0.05) is 13.1 Å². The number of halogens is 3. The molecule has 0 saturated heterocycles. The smallest absolute Gasteiger partial charge is 0.255 e. The van der Waals surface area contributed by atoms with E-state index in [0.29, 0.717) is 10.4 Å². The molecular formula is C9H13BrF2N4O. The zero-order chi connectivity index (χ0) is 12.8. The molecule has 0 atom stereocenters. The lowest BCUT2D eigenvalue weighted by Crippen LogP contribution is -2.34. The molecule has 5 nitrogen and oxygen atoms in total. The summed E-state index contributed by atoms with van der Waals surface area (Å²) in [7, 11) is 1.44. The standard InChI is InChI=1S/C9H13BrF2N4O/c1-17-8-6(10)4-14-9(15-8)16(3-2-13)5-7(11)12/h4,7H,2-3,5,13H2,1H3. The van der Waals surface area contributed by atoms with Gasteiger partial charge in [-0.25, -0.2) is 13.8 Å². The second-order valence-electron chi connectivity index (χ2n) is 3.15. The molecule has 0 spiro atoms. The highest BCUT2D eigenvalue weighted by Crippen LogP contribution is 2.23. The normalized spacial score (nSPS) is 10.7. The molecule has 17 heavy (non-hydrogen) atoms. The summed E-state index contributed by atoms with van der Waals surface area (Å²) in [6.07, 6.45) is -1.02. The zero-order valence-corrected chi connectivity index (χ0v) is 10.8. The number of nitrogens with zero attached hydrogens (tertiary/aromatic N) is 3. The average molecular weight is 311 g/mol. The number of anilines is 1. The van der Waals surface area contributed by atoms with Crippen LogP contribution in [0, 0.1) is 0 Å². The molecule has 0 fully saturated rings. The Labute approximate surface area is 106 Å². The topological polar surface area (TPSA) is 64.3 Å². The molecule has 0 amide bonds. The van der Waals surface area contributed by atoms with Gasteiger partial charge in [-0.2, -0.15) is 4.98 Å². The van der Waals surface area contributed by atoms with Gasteiger partial charge in [-0.05, 0) is 15.9 Å². The molecule has 1 aromatic rings. The van der Waals surface area contributed by atoms with Gasteiger partial charge in [0.15, 0.2) is 0 Å². The Balaban J connectivity index is 2.92. The van der Waals surface area contributed by atoms with Crippen molar-refractivity contribution < 1.29 is 13.5 Å². The van der Waals surface area contributed by atoms with E-state index in [-0.39, 0.29) is 19.0 Å². The first-order valence-corrected chi connectivity index (χ1v) is 5.67. The number of aromatic nitrogens is 2. The van der Waals surface area contributed by atoms with Crippen molar-refractivity contribution in [2.45, 2.75) is 6.43 Å². The Morgan fingerprint density at radius 1 is 1.59 bits per heavy atom. The summed E-state index contributed by atoms with van der Waals surface area (Å²) >= 11 is 3.19. The van der Waals surface area contributed by atoms with Crippen LogP contribution in [0.15, 0.2) is 10.7 Å². The number of hydrogen-bond acceptors (Lipinski definition) is 5. The maximum Gasteiger partial charge on any atom is 0.255 e. The van der Waals surface area contributed by atoms with Crippen LogP contribution in [0.2, 0.25) is 0 Å². The fourth-order valence-electron chi connectivity index (χ4n) is 1.23. The zero-order valence-electron chi connectivity index (χ0n) is 9.24. The molecule has 8 heteroatoms. The molecule has 96 valence electrons. The first-order valence-electron chi connectivity index (χ1n) is 4.88. The number of ether oxygens (including phenoxy) is 1. The minimum Gasteiger partial charge on any atom is -0.480 e. The third kappa shape index (κ3) is 4.04. The molecular weight excluding hydrogens is 298 g/mol. The summed E-state index contributed by atoms with van der Waals surface area (Å²) in [5, 5.41) is 0. The summed E-state index contributed by atoms with van der Waals surface area (Å²) in [6, 6.07) is 0. The Kier molecular flexibility index (Phi) is 5.49. The highest BCUT2D eigenvalue weighted by atomic mass is 79.9. The fraction of sp³-hybridized carbons (Fsp3) is 0.556. The van der Waals surface area contributed by atoms with E-state index in [2.05, 4.69) is 25.9 Å². The van der Waals surface area contributed by atoms with E-state index < -0.39 is 13.0 Å². The average Bonchev–Trinajstić information content (AvgIpc) is 2.28. The molecule has 0 aliphatic carbocycles. The summed E-state index contributed by atoms with van der Waals surface area (Å²) in [5.41, 5.74) is 5.36. The summed E-state index contributed by atoms with van der Waals surface area (Å²) in [5.74, 6) is 0.474. The quantitative estimate of drug-likeness (QED) is 0.857. The van der Waals surface area contributed by atoms with Crippen molar-refractivity contribution in [2.75, 3.05) is 31.6 Å². The molecule has 0 unspecified atom stereocenters. The van der Waals surface area contributed by atoms with Gasteiger partial charge in [-0.15, -0.1) is 0 Å². The highest BCUT2D eigenvalue weighted by molar-refractivity contribution is 9.10. The predicted molar refractivity (Wildman–Crippen MR) is 63.6 cm³/mol. The van der Waals surface area contributed by atoms with E-state index in [9.17, 15) is 8.78 Å². The fourth-order valence-corrected chi connectivity index (χ4v) is 1.59. The van der Waals surface area contributed by atoms with E-state index in [1.807, 2.05) is 0 Å². The van der Waals surface area contributed by atoms with Crippen molar-refractivity contribution in [1.29, 1.82) is 0 Å². The van der Waals surface area contributed by atoms with Crippen LogP contribution in [-0.2, 0) is 0 Å². The van der Waals surface area contributed by atoms with E-state index in [1.54, 1.807) is 0 Å². The first-order chi connectivity index (χ1) is 8.08. The van der Waals surface area contributed by atoms with Crippen LogP contribution in [0.3, 0.4) is 0 Å². The maximum atomic E-state index is 12.4. The van der Waals surface area contributed by atoms with Gasteiger partial charge in [-0.3, -0.25) is 0 Å². The lowest BCUT2D eigenvalue weighted by Gasteiger charge is -2.21. The molecule has 1 aromatic heterocycles. The van der Waals surface area contributed by atoms with Crippen LogP contribution in [-0.4, -0.2) is 43.1 Å². The highest BCUT2D eigenvalue weighted by Gasteiger charge is 2.16. The number of rotatable bonds is 6. The molecule has 0 saturated carbocycles. The minimum atomic E-state index is -2.47. The Hall–Kier alpha value is -1.02. The largest absolute Gasteiger partial charge is 0.480 e. The molecule has 2 N–H and O–H groups in total. The van der Waals surface area contributed by atoms with Crippen LogP contribution in [0.1, 0.15) is 0 Å². The number of alkyl halides is 2. The van der Waals surface area contributed by atoms with Gasteiger partial charge in [0.05, 0.1) is 24.3 Å². The number of methoxy groups -OCH3 is 1. The third-order valence-electron chi connectivity index (χ3n) is 1.93. The van der Waals surface area contributed by atoms with E-state index in [4.69, 9.17) is 10.5 Å². The molecule has 1 heterocycles. The van der Waals surface area contributed by atoms with Crippen molar-refractivity contribution in [3.8, 4) is 5.88 Å². The predicted octanol–water partition coefficient (Wildman–Crippen LogP) is 1.28. The Morgan fingerprint density at radius 2 is 2.29 bits per heavy atom. The Bertz CT molecular complexity index is 367. The van der Waals surface area contributed by atoms with Crippen molar-refractivity contribution in [1.82, 2.24) is 9.97 Å². The van der Waals surface area contributed by atoms with Gasteiger partial charge in [0.1, 0.15) is 0 Å². The van der Waals surface area contributed by atoms with Crippen LogP contribution < -0.4 is 15.4 Å². The molecule has 1 rings (SSSR count). The van der Waals surface area contributed by atoms with Gasteiger partial charge >= 0.3 is 0 Å². The van der Waals surface area contributed by atoms with Crippen LogP contribution >= 0.6 is 15.9 Å². The van der Waals surface area contributed by atoms with Crippen molar-refractivity contribution in [3.05, 3.63) is 10.7 Å². The first kappa shape index (κ1) is 14.0. The molecule has 0 aromatic carbocycles. The van der Waals surface area contributed by atoms with Crippen LogP contribution in [0.4, 0.5) is 14.7 Å². The number of nitrogens with two attached hydrogens (primary N) is 1. The second-order valence-corrected chi connectivity index (χ2v) is 4.01. The second kappa shape index (κ2) is 6.65. The summed E-state index contributed by atoms with van der Waals surface area (Å²) in [6.45, 7) is 0.0472.